The molecule has 2 aromatic rings. The molecule has 1 aromatic carbocycles. The van der Waals surface area contributed by atoms with E-state index in [2.05, 4.69) is 26.7 Å². The third kappa shape index (κ3) is 3.87. The quantitative estimate of drug-likeness (QED) is 0.525. The summed E-state index contributed by atoms with van der Waals surface area (Å²) < 4.78 is 0. The van der Waals surface area contributed by atoms with Crippen molar-refractivity contribution in [2.24, 2.45) is 29.1 Å². The second-order valence-corrected chi connectivity index (χ2v) is 9.99. The molecule has 0 spiro atoms. The highest BCUT2D eigenvalue weighted by Gasteiger charge is 2.54. The summed E-state index contributed by atoms with van der Waals surface area (Å²) >= 11 is 6.24. The van der Waals surface area contributed by atoms with Gasteiger partial charge in [-0.25, -0.2) is 4.98 Å². The Morgan fingerprint density at radius 2 is 1.97 bits per heavy atom. The van der Waals surface area contributed by atoms with Gasteiger partial charge in [-0.3, -0.25) is 0 Å². The molecule has 1 aromatic heterocycles. The van der Waals surface area contributed by atoms with Crippen molar-refractivity contribution >= 4 is 29.6 Å². The summed E-state index contributed by atoms with van der Waals surface area (Å²) in [5.41, 5.74) is 1.70. The fraction of sp³-hybridized carbons (Fsp3) is 0.500. The molecule has 6 nitrogen and oxygen atoms in total. The summed E-state index contributed by atoms with van der Waals surface area (Å²) in [6, 6.07) is 9.89. The zero-order valence-electron chi connectivity index (χ0n) is 17.4. The molecular weight excluding hydrogens is 408 g/mol. The van der Waals surface area contributed by atoms with E-state index in [1.54, 1.807) is 12.4 Å². The fourth-order valence-electron chi connectivity index (χ4n) is 6.49. The third-order valence-electron chi connectivity index (χ3n) is 7.60. The molecule has 0 aliphatic heterocycles. The molecule has 4 fully saturated rings. The first-order chi connectivity index (χ1) is 15.1. The van der Waals surface area contributed by atoms with Crippen molar-refractivity contribution in [3.05, 3.63) is 46.6 Å². The first-order valence-corrected chi connectivity index (χ1v) is 11.5. The predicted molar refractivity (Wildman–Crippen MR) is 122 cm³/mol. The van der Waals surface area contributed by atoms with Gasteiger partial charge in [0.15, 0.2) is 0 Å². The first kappa shape index (κ1) is 20.3. The number of rotatable bonds is 7. The minimum Gasteiger partial charge on any atom is -0.368 e. The average Bonchev–Trinajstić information content (AvgIpc) is 2.77. The van der Waals surface area contributed by atoms with Crippen LogP contribution in [0.3, 0.4) is 0 Å². The summed E-state index contributed by atoms with van der Waals surface area (Å²) in [7, 11) is 0. The van der Waals surface area contributed by atoms with Crippen LogP contribution in [0.5, 0.6) is 0 Å². The van der Waals surface area contributed by atoms with Gasteiger partial charge in [0.2, 0.25) is 5.95 Å². The lowest BCUT2D eigenvalue weighted by molar-refractivity contribution is -0.0653. The van der Waals surface area contributed by atoms with E-state index < -0.39 is 0 Å². The smallest absolute Gasteiger partial charge is 0.224 e. The van der Waals surface area contributed by atoms with Crippen LogP contribution in [-0.4, -0.2) is 22.7 Å². The van der Waals surface area contributed by atoms with Gasteiger partial charge in [-0.05, 0) is 79.0 Å². The predicted octanol–water partition coefficient (Wildman–Crippen LogP) is 5.12. The molecule has 1 heterocycles. The van der Waals surface area contributed by atoms with Gasteiger partial charge < -0.3 is 16.0 Å². The number of nitrogens with one attached hydrogen (secondary N) is 3. The number of benzene rings is 1. The number of anilines is 2. The Morgan fingerprint density at radius 3 is 2.68 bits per heavy atom. The van der Waals surface area contributed by atoms with E-state index in [9.17, 15) is 5.26 Å². The molecule has 6 rings (SSSR count). The SMILES string of the molecule is N#Cc1cnc(NCc2ccccc2Cl)nc1NCC12CC3CC(C1)C(C=N)[C@@H](C3)C2. The van der Waals surface area contributed by atoms with Crippen molar-refractivity contribution in [3.63, 3.8) is 0 Å². The lowest BCUT2D eigenvalue weighted by atomic mass is 9.46. The standard InChI is InChI=1S/C24H27ClN6/c25-21-4-2-1-3-16(21)12-28-23-29-13-19(10-26)22(31-23)30-14-24-7-15-5-17(8-24)20(11-27)18(6-15)9-24/h1-4,11,13,15,17-18,20,27H,5-9,12,14H2,(H2,28,29,30,31)/t15?,17-,18?,20?,24?/m0/s1. The van der Waals surface area contributed by atoms with Crippen molar-refractivity contribution in [1.29, 1.82) is 10.7 Å². The molecule has 4 saturated carbocycles. The van der Waals surface area contributed by atoms with E-state index in [0.29, 0.717) is 46.7 Å². The van der Waals surface area contributed by atoms with Crippen LogP contribution in [0.2, 0.25) is 5.02 Å². The van der Waals surface area contributed by atoms with Gasteiger partial charge in [-0.1, -0.05) is 29.8 Å². The minimum atomic E-state index is 0.263. The monoisotopic (exact) mass is 434 g/mol. The van der Waals surface area contributed by atoms with E-state index in [0.717, 1.165) is 18.0 Å². The van der Waals surface area contributed by atoms with E-state index in [1.165, 1.54) is 32.1 Å². The van der Waals surface area contributed by atoms with Crippen LogP contribution in [0.4, 0.5) is 11.8 Å². The maximum Gasteiger partial charge on any atom is 0.224 e. The van der Waals surface area contributed by atoms with Crippen LogP contribution in [0.15, 0.2) is 30.5 Å². The molecule has 0 saturated heterocycles. The molecule has 5 atom stereocenters. The van der Waals surface area contributed by atoms with Crippen LogP contribution < -0.4 is 10.6 Å². The molecule has 3 N–H and O–H groups in total. The molecule has 31 heavy (non-hydrogen) atoms. The number of nitriles is 1. The summed E-state index contributed by atoms with van der Waals surface area (Å²) in [6.07, 6.45) is 9.46. The average molecular weight is 435 g/mol. The fourth-order valence-corrected chi connectivity index (χ4v) is 6.69. The Morgan fingerprint density at radius 1 is 1.19 bits per heavy atom. The van der Waals surface area contributed by atoms with Crippen molar-refractivity contribution in [3.8, 4) is 6.07 Å². The summed E-state index contributed by atoms with van der Waals surface area (Å²) in [5.74, 6) is 3.65. The lowest BCUT2D eigenvalue weighted by Crippen LogP contribution is -2.53. The van der Waals surface area contributed by atoms with Gasteiger partial charge in [-0.15, -0.1) is 0 Å². The molecule has 4 aliphatic carbocycles. The highest BCUT2D eigenvalue weighted by atomic mass is 35.5. The van der Waals surface area contributed by atoms with Gasteiger partial charge in [0.05, 0.1) is 6.20 Å². The summed E-state index contributed by atoms with van der Waals surface area (Å²) in [4.78, 5) is 8.90. The van der Waals surface area contributed by atoms with Crippen molar-refractivity contribution in [2.45, 2.75) is 38.6 Å². The maximum absolute atomic E-state index is 9.55. The molecule has 4 unspecified atom stereocenters. The first-order valence-electron chi connectivity index (χ1n) is 11.1. The Labute approximate surface area is 188 Å². The van der Waals surface area contributed by atoms with Crippen LogP contribution in [0.1, 0.15) is 43.2 Å². The van der Waals surface area contributed by atoms with E-state index in [-0.39, 0.29) is 5.41 Å². The summed E-state index contributed by atoms with van der Waals surface area (Å²) in [6.45, 7) is 1.35. The normalized spacial score (nSPS) is 30.6. The van der Waals surface area contributed by atoms with Crippen LogP contribution in [0.25, 0.3) is 0 Å². The molecule has 0 radical (unpaired) electrons. The van der Waals surface area contributed by atoms with Crippen LogP contribution >= 0.6 is 11.6 Å². The number of nitrogens with zero attached hydrogens (tertiary/aromatic N) is 3. The van der Waals surface area contributed by atoms with Gasteiger partial charge in [0, 0.05) is 18.1 Å². The molecule has 4 aliphatic rings. The van der Waals surface area contributed by atoms with Crippen LogP contribution in [0, 0.1) is 45.8 Å². The van der Waals surface area contributed by atoms with Gasteiger partial charge in [0.1, 0.15) is 17.5 Å². The zero-order valence-corrected chi connectivity index (χ0v) is 18.2. The topological polar surface area (TPSA) is 97.5 Å². The largest absolute Gasteiger partial charge is 0.368 e. The van der Waals surface area contributed by atoms with Crippen molar-refractivity contribution < 1.29 is 0 Å². The lowest BCUT2D eigenvalue weighted by Gasteiger charge is -2.59. The number of halogens is 1. The zero-order chi connectivity index (χ0) is 21.4. The Kier molecular flexibility index (Phi) is 5.31. The Balaban J connectivity index is 1.29. The molecule has 0 amide bonds. The molecular formula is C24H27ClN6. The van der Waals surface area contributed by atoms with E-state index in [4.69, 9.17) is 17.0 Å². The highest BCUT2D eigenvalue weighted by Crippen LogP contribution is 2.61. The molecule has 7 heteroatoms. The number of hydrogen-bond donors (Lipinski definition) is 3. The third-order valence-corrected chi connectivity index (χ3v) is 7.97. The number of aromatic nitrogens is 2. The van der Waals surface area contributed by atoms with Crippen molar-refractivity contribution in [1.82, 2.24) is 9.97 Å². The minimum absolute atomic E-state index is 0.263. The second kappa shape index (κ2) is 8.12. The second-order valence-electron chi connectivity index (χ2n) is 9.58. The Hall–Kier alpha value is -2.65. The van der Waals surface area contributed by atoms with Gasteiger partial charge in [0.25, 0.3) is 0 Å². The molecule has 4 bridgehead atoms. The van der Waals surface area contributed by atoms with Gasteiger partial charge in [-0.2, -0.15) is 10.2 Å². The van der Waals surface area contributed by atoms with E-state index in [1.807, 2.05) is 24.3 Å². The highest BCUT2D eigenvalue weighted by molar-refractivity contribution is 6.31. The van der Waals surface area contributed by atoms with Crippen molar-refractivity contribution in [2.75, 3.05) is 17.2 Å². The maximum atomic E-state index is 9.55. The van der Waals surface area contributed by atoms with E-state index >= 15 is 0 Å². The Bertz CT molecular complexity index is 1010. The molecule has 160 valence electrons. The summed E-state index contributed by atoms with van der Waals surface area (Å²) in [5, 5.41) is 24.8. The number of hydrogen-bond acceptors (Lipinski definition) is 6. The van der Waals surface area contributed by atoms with Crippen LogP contribution in [-0.2, 0) is 6.54 Å². The van der Waals surface area contributed by atoms with Gasteiger partial charge >= 0.3 is 0 Å².